The molecule has 0 saturated carbocycles. The number of aromatic hydroxyl groups is 1. The average Bonchev–Trinajstić information content (AvgIpc) is 2.45. The number of aromatic nitrogens is 2. The Hall–Kier alpha value is -2.43. The van der Waals surface area contributed by atoms with E-state index in [0.29, 0.717) is 6.54 Å². The van der Waals surface area contributed by atoms with Gasteiger partial charge in [-0.2, -0.15) is 0 Å². The molecule has 98 valence electrons. The van der Waals surface area contributed by atoms with Crippen LogP contribution in [0.1, 0.15) is 16.1 Å². The molecule has 19 heavy (non-hydrogen) atoms. The van der Waals surface area contributed by atoms with Gasteiger partial charge in [0.1, 0.15) is 5.75 Å². The predicted molar refractivity (Wildman–Crippen MR) is 70.8 cm³/mol. The van der Waals surface area contributed by atoms with Crippen molar-refractivity contribution in [1.82, 2.24) is 14.9 Å². The van der Waals surface area contributed by atoms with Crippen LogP contribution < -0.4 is 0 Å². The fraction of sp³-hybridized carbons (Fsp3) is 0.214. The molecular weight excluding hydrogens is 242 g/mol. The minimum Gasteiger partial charge on any atom is -0.505 e. The van der Waals surface area contributed by atoms with Crippen molar-refractivity contribution in [3.63, 3.8) is 0 Å². The molecule has 2 aromatic heterocycles. The summed E-state index contributed by atoms with van der Waals surface area (Å²) in [4.78, 5) is 21.5. The van der Waals surface area contributed by atoms with Crippen LogP contribution in [0.15, 0.2) is 42.9 Å². The van der Waals surface area contributed by atoms with Gasteiger partial charge in [-0.05, 0) is 36.2 Å². The van der Waals surface area contributed by atoms with E-state index < -0.39 is 0 Å². The third kappa shape index (κ3) is 3.28. The molecule has 1 N–H and O–H groups in total. The van der Waals surface area contributed by atoms with Gasteiger partial charge in [0.25, 0.3) is 5.91 Å². The third-order valence-corrected chi connectivity index (χ3v) is 2.82. The van der Waals surface area contributed by atoms with Crippen LogP contribution in [0.2, 0.25) is 0 Å². The molecule has 0 aliphatic rings. The van der Waals surface area contributed by atoms with E-state index in [1.54, 1.807) is 30.4 Å². The van der Waals surface area contributed by atoms with Crippen molar-refractivity contribution in [1.29, 1.82) is 0 Å². The molecule has 0 radical (unpaired) electrons. The van der Waals surface area contributed by atoms with E-state index in [1.807, 2.05) is 12.1 Å². The first-order valence-electron chi connectivity index (χ1n) is 5.97. The molecule has 0 spiro atoms. The van der Waals surface area contributed by atoms with Crippen molar-refractivity contribution in [2.75, 3.05) is 13.6 Å². The average molecular weight is 257 g/mol. The monoisotopic (exact) mass is 257 g/mol. The summed E-state index contributed by atoms with van der Waals surface area (Å²) in [5, 5.41) is 9.60. The second-order valence-electron chi connectivity index (χ2n) is 4.20. The fourth-order valence-corrected chi connectivity index (χ4v) is 1.69. The Bertz CT molecular complexity index is 558. The number of nitrogens with zero attached hydrogens (tertiary/aromatic N) is 3. The van der Waals surface area contributed by atoms with E-state index in [1.165, 1.54) is 12.3 Å². The highest BCUT2D eigenvalue weighted by atomic mass is 16.3. The summed E-state index contributed by atoms with van der Waals surface area (Å²) in [6, 6.07) is 6.87. The van der Waals surface area contributed by atoms with Crippen LogP contribution in [0.3, 0.4) is 0 Å². The van der Waals surface area contributed by atoms with Crippen molar-refractivity contribution in [3.8, 4) is 5.75 Å². The Balaban J connectivity index is 1.99. The maximum Gasteiger partial charge on any atom is 0.276 e. The van der Waals surface area contributed by atoms with Crippen LogP contribution in [-0.2, 0) is 6.42 Å². The molecule has 2 rings (SSSR count). The lowest BCUT2D eigenvalue weighted by molar-refractivity contribution is 0.0787. The summed E-state index contributed by atoms with van der Waals surface area (Å²) in [5.41, 5.74) is 1.19. The lowest BCUT2D eigenvalue weighted by atomic mass is 10.2. The SMILES string of the molecule is CN(CCc1ccncc1)C(=O)c1ncccc1O. The van der Waals surface area contributed by atoms with Crippen LogP contribution in [0.5, 0.6) is 5.75 Å². The molecular formula is C14H15N3O2. The topological polar surface area (TPSA) is 66.3 Å². The van der Waals surface area contributed by atoms with Gasteiger partial charge in [-0.15, -0.1) is 0 Å². The number of amides is 1. The maximum absolute atomic E-state index is 12.1. The van der Waals surface area contributed by atoms with Crippen molar-refractivity contribution >= 4 is 5.91 Å². The van der Waals surface area contributed by atoms with Gasteiger partial charge in [-0.3, -0.25) is 9.78 Å². The number of carbonyl (C=O) groups excluding carboxylic acids is 1. The standard InChI is InChI=1S/C14H15N3O2/c1-17(10-6-11-4-8-15-9-5-11)14(19)13-12(18)3-2-7-16-13/h2-5,7-9,18H,6,10H2,1H3. The van der Waals surface area contributed by atoms with Crippen molar-refractivity contribution in [3.05, 3.63) is 54.1 Å². The first-order chi connectivity index (χ1) is 9.18. The summed E-state index contributed by atoms with van der Waals surface area (Å²) >= 11 is 0. The minimum atomic E-state index is -0.285. The lowest BCUT2D eigenvalue weighted by Gasteiger charge is -2.17. The Morgan fingerprint density at radius 2 is 2.00 bits per heavy atom. The molecule has 0 unspecified atom stereocenters. The van der Waals surface area contributed by atoms with Crippen molar-refractivity contribution in [2.24, 2.45) is 0 Å². The van der Waals surface area contributed by atoms with Crippen molar-refractivity contribution < 1.29 is 9.90 Å². The van der Waals surface area contributed by atoms with Gasteiger partial charge < -0.3 is 10.0 Å². The van der Waals surface area contributed by atoms with Crippen LogP contribution in [0.4, 0.5) is 0 Å². The molecule has 1 amide bonds. The van der Waals surface area contributed by atoms with Gasteiger partial charge in [-0.1, -0.05) is 0 Å². The lowest BCUT2D eigenvalue weighted by Crippen LogP contribution is -2.29. The summed E-state index contributed by atoms with van der Waals surface area (Å²) in [7, 11) is 1.69. The fourth-order valence-electron chi connectivity index (χ4n) is 1.69. The molecule has 0 fully saturated rings. The first kappa shape index (κ1) is 13.0. The minimum absolute atomic E-state index is 0.0831. The van der Waals surface area contributed by atoms with E-state index in [2.05, 4.69) is 9.97 Å². The Morgan fingerprint density at radius 1 is 1.26 bits per heavy atom. The van der Waals surface area contributed by atoms with Crippen LogP contribution in [0.25, 0.3) is 0 Å². The third-order valence-electron chi connectivity index (χ3n) is 2.82. The second-order valence-corrected chi connectivity index (χ2v) is 4.20. The normalized spacial score (nSPS) is 10.2. The Kier molecular flexibility index (Phi) is 4.07. The zero-order valence-corrected chi connectivity index (χ0v) is 10.7. The van der Waals surface area contributed by atoms with Gasteiger partial charge in [0.15, 0.2) is 5.69 Å². The first-order valence-corrected chi connectivity index (χ1v) is 5.97. The molecule has 5 heteroatoms. The van der Waals surface area contributed by atoms with Crippen molar-refractivity contribution in [2.45, 2.75) is 6.42 Å². The highest BCUT2D eigenvalue weighted by molar-refractivity contribution is 5.94. The number of hydrogen-bond acceptors (Lipinski definition) is 4. The van der Waals surface area contributed by atoms with E-state index >= 15 is 0 Å². The van der Waals surface area contributed by atoms with Gasteiger partial charge >= 0.3 is 0 Å². The molecule has 2 heterocycles. The highest BCUT2D eigenvalue weighted by Gasteiger charge is 2.16. The summed E-state index contributed by atoms with van der Waals surface area (Å²) < 4.78 is 0. The van der Waals surface area contributed by atoms with Crippen LogP contribution in [-0.4, -0.2) is 39.5 Å². The number of rotatable bonds is 4. The molecule has 0 aromatic carbocycles. The Morgan fingerprint density at radius 3 is 2.68 bits per heavy atom. The number of carbonyl (C=O) groups is 1. The highest BCUT2D eigenvalue weighted by Crippen LogP contribution is 2.14. The van der Waals surface area contributed by atoms with Gasteiger partial charge in [0.2, 0.25) is 0 Å². The predicted octanol–water partition coefficient (Wildman–Crippen LogP) is 1.50. The number of likely N-dealkylation sites (N-methyl/N-ethyl adjacent to an activating group) is 1. The molecule has 0 aliphatic heterocycles. The van der Waals surface area contributed by atoms with Gasteiger partial charge in [0.05, 0.1) is 0 Å². The molecule has 0 aliphatic carbocycles. The van der Waals surface area contributed by atoms with Gasteiger partial charge in [-0.25, -0.2) is 4.98 Å². The quantitative estimate of drug-likeness (QED) is 0.901. The van der Waals surface area contributed by atoms with E-state index in [4.69, 9.17) is 0 Å². The zero-order chi connectivity index (χ0) is 13.7. The molecule has 2 aromatic rings. The number of pyridine rings is 2. The van der Waals surface area contributed by atoms with Crippen LogP contribution >= 0.6 is 0 Å². The van der Waals surface area contributed by atoms with Gasteiger partial charge in [0, 0.05) is 32.2 Å². The van der Waals surface area contributed by atoms with Crippen LogP contribution in [0, 0.1) is 0 Å². The molecule has 0 atom stereocenters. The molecule has 0 saturated heterocycles. The largest absolute Gasteiger partial charge is 0.505 e. The zero-order valence-electron chi connectivity index (χ0n) is 10.7. The summed E-state index contributed by atoms with van der Waals surface area (Å²) in [6.45, 7) is 0.554. The second kappa shape index (κ2) is 5.95. The van der Waals surface area contributed by atoms with E-state index in [0.717, 1.165) is 12.0 Å². The summed E-state index contributed by atoms with van der Waals surface area (Å²) in [5.74, 6) is -0.379. The maximum atomic E-state index is 12.1. The Labute approximate surface area is 111 Å². The molecule has 0 bridgehead atoms. The van der Waals surface area contributed by atoms with E-state index in [9.17, 15) is 9.90 Å². The smallest absolute Gasteiger partial charge is 0.276 e. The van der Waals surface area contributed by atoms with E-state index in [-0.39, 0.29) is 17.4 Å². The molecule has 5 nitrogen and oxygen atoms in total. The summed E-state index contributed by atoms with van der Waals surface area (Å²) in [6.07, 6.45) is 5.67. The number of hydrogen-bond donors (Lipinski definition) is 1.